The van der Waals surface area contributed by atoms with Crippen molar-refractivity contribution in [2.24, 2.45) is 0 Å². The number of nitrogens with one attached hydrogen (secondary N) is 1. The molecule has 0 unspecified atom stereocenters. The summed E-state index contributed by atoms with van der Waals surface area (Å²) in [6.45, 7) is 3.01. The van der Waals surface area contributed by atoms with Crippen LogP contribution in [0.3, 0.4) is 0 Å². The second-order valence-electron chi connectivity index (χ2n) is 6.38. The Morgan fingerprint density at radius 3 is 2.40 bits per heavy atom. The molecule has 0 aromatic heterocycles. The quantitative estimate of drug-likeness (QED) is 0.471. The summed E-state index contributed by atoms with van der Waals surface area (Å²) < 4.78 is 32.7. The van der Waals surface area contributed by atoms with Crippen molar-refractivity contribution in [3.63, 3.8) is 0 Å². The van der Waals surface area contributed by atoms with Crippen molar-refractivity contribution < 1.29 is 17.9 Å². The number of hydrogen-bond donors (Lipinski definition) is 1. The number of amides is 1. The predicted molar refractivity (Wildman–Crippen MR) is 120 cm³/mol. The van der Waals surface area contributed by atoms with E-state index >= 15 is 0 Å². The van der Waals surface area contributed by atoms with Crippen molar-refractivity contribution in [1.82, 2.24) is 9.62 Å². The van der Waals surface area contributed by atoms with Gasteiger partial charge in [0.2, 0.25) is 15.9 Å². The molecular weight excluding hydrogens is 471 g/mol. The van der Waals surface area contributed by atoms with E-state index in [-0.39, 0.29) is 18.0 Å². The average Bonchev–Trinajstić information content (AvgIpc) is 2.70. The predicted octanol–water partition coefficient (Wildman–Crippen LogP) is 4.38. The summed E-state index contributed by atoms with van der Waals surface area (Å²) in [7, 11) is -3.96. The van der Waals surface area contributed by atoms with Gasteiger partial charge in [0.25, 0.3) is 0 Å². The molecule has 0 saturated carbocycles. The van der Waals surface area contributed by atoms with E-state index in [1.54, 1.807) is 18.2 Å². The summed E-state index contributed by atoms with van der Waals surface area (Å²) in [5.74, 6) is -0.413. The highest BCUT2D eigenvalue weighted by Gasteiger charge is 2.27. The van der Waals surface area contributed by atoms with Crippen LogP contribution in [0, 0.1) is 0 Å². The van der Waals surface area contributed by atoms with Crippen LogP contribution >= 0.6 is 34.8 Å². The Hall–Kier alpha value is -1.35. The van der Waals surface area contributed by atoms with Crippen molar-refractivity contribution in [3.8, 4) is 0 Å². The standard InChI is InChI=1S/C20H23Cl3N2O4S/c1-2-29-11-3-10-24-20(26)14-25(13-15-4-9-18(22)19(23)12-15)30(27,28)17-7-5-16(21)6-8-17/h4-9,12H,2-3,10-11,13-14H2,1H3,(H,24,26). The van der Waals surface area contributed by atoms with Gasteiger partial charge in [-0.25, -0.2) is 8.42 Å². The Kier molecular flexibility index (Phi) is 9.87. The molecule has 2 aromatic rings. The van der Waals surface area contributed by atoms with Crippen LogP contribution in [0.25, 0.3) is 0 Å². The molecule has 0 spiro atoms. The van der Waals surface area contributed by atoms with Crippen LogP contribution in [0.4, 0.5) is 0 Å². The van der Waals surface area contributed by atoms with Crippen LogP contribution in [0.15, 0.2) is 47.4 Å². The molecule has 10 heteroatoms. The van der Waals surface area contributed by atoms with Gasteiger partial charge >= 0.3 is 0 Å². The van der Waals surface area contributed by atoms with Gasteiger partial charge in [-0.05, 0) is 55.3 Å². The zero-order valence-electron chi connectivity index (χ0n) is 16.4. The maximum Gasteiger partial charge on any atom is 0.243 e. The molecular formula is C20H23Cl3N2O4S. The van der Waals surface area contributed by atoms with E-state index in [4.69, 9.17) is 39.5 Å². The second kappa shape index (κ2) is 11.9. The maximum absolute atomic E-state index is 13.2. The van der Waals surface area contributed by atoms with Crippen molar-refractivity contribution in [2.45, 2.75) is 24.8 Å². The van der Waals surface area contributed by atoms with Crippen LogP contribution in [0.5, 0.6) is 0 Å². The third kappa shape index (κ3) is 7.41. The van der Waals surface area contributed by atoms with Gasteiger partial charge in [-0.1, -0.05) is 40.9 Å². The van der Waals surface area contributed by atoms with Crippen LogP contribution in [0.2, 0.25) is 15.1 Å². The molecule has 164 valence electrons. The normalized spacial score (nSPS) is 11.6. The number of hydrogen-bond acceptors (Lipinski definition) is 4. The van der Waals surface area contributed by atoms with Gasteiger partial charge in [-0.3, -0.25) is 4.79 Å². The number of nitrogens with zero attached hydrogens (tertiary/aromatic N) is 1. The molecule has 0 radical (unpaired) electrons. The molecule has 0 heterocycles. The second-order valence-corrected chi connectivity index (χ2v) is 9.56. The lowest BCUT2D eigenvalue weighted by molar-refractivity contribution is -0.121. The van der Waals surface area contributed by atoms with Gasteiger partial charge in [0.05, 0.1) is 21.5 Å². The lowest BCUT2D eigenvalue weighted by Gasteiger charge is -2.22. The third-order valence-electron chi connectivity index (χ3n) is 4.11. The summed E-state index contributed by atoms with van der Waals surface area (Å²) in [5, 5.41) is 3.80. The number of rotatable bonds is 11. The Balaban J connectivity index is 2.19. The molecule has 2 rings (SSSR count). The number of sulfonamides is 1. The van der Waals surface area contributed by atoms with Crippen molar-refractivity contribution in [3.05, 3.63) is 63.1 Å². The first-order valence-electron chi connectivity index (χ1n) is 9.28. The molecule has 0 aliphatic heterocycles. The zero-order valence-corrected chi connectivity index (χ0v) is 19.5. The molecule has 0 saturated heterocycles. The third-order valence-corrected chi connectivity index (χ3v) is 6.90. The van der Waals surface area contributed by atoms with Gasteiger partial charge in [0, 0.05) is 31.3 Å². The minimum atomic E-state index is -3.96. The molecule has 0 aliphatic carbocycles. The first kappa shape index (κ1) is 24.9. The zero-order chi connectivity index (χ0) is 22.1. The Bertz CT molecular complexity index is 953. The molecule has 2 aromatic carbocycles. The monoisotopic (exact) mass is 492 g/mol. The van der Waals surface area contributed by atoms with Gasteiger partial charge in [0.15, 0.2) is 0 Å². The van der Waals surface area contributed by atoms with Gasteiger partial charge in [-0.15, -0.1) is 0 Å². The first-order valence-corrected chi connectivity index (χ1v) is 11.9. The topological polar surface area (TPSA) is 75.7 Å². The van der Waals surface area contributed by atoms with E-state index in [0.29, 0.717) is 46.8 Å². The molecule has 1 N–H and O–H groups in total. The highest BCUT2D eigenvalue weighted by atomic mass is 35.5. The van der Waals surface area contributed by atoms with E-state index in [9.17, 15) is 13.2 Å². The average molecular weight is 494 g/mol. The molecule has 0 aliphatic rings. The number of benzene rings is 2. The lowest BCUT2D eigenvalue weighted by Crippen LogP contribution is -2.40. The van der Waals surface area contributed by atoms with Crippen molar-refractivity contribution >= 4 is 50.7 Å². The largest absolute Gasteiger partial charge is 0.382 e. The number of carbonyl (C=O) groups is 1. The highest BCUT2D eigenvalue weighted by molar-refractivity contribution is 7.89. The van der Waals surface area contributed by atoms with E-state index in [2.05, 4.69) is 5.32 Å². The van der Waals surface area contributed by atoms with E-state index in [1.165, 1.54) is 24.3 Å². The van der Waals surface area contributed by atoms with Crippen molar-refractivity contribution in [2.75, 3.05) is 26.3 Å². The lowest BCUT2D eigenvalue weighted by atomic mass is 10.2. The maximum atomic E-state index is 13.2. The van der Waals surface area contributed by atoms with Crippen LogP contribution in [-0.4, -0.2) is 44.9 Å². The fraction of sp³-hybridized carbons (Fsp3) is 0.350. The first-order chi connectivity index (χ1) is 14.2. The van der Waals surface area contributed by atoms with Gasteiger partial charge < -0.3 is 10.1 Å². The molecule has 0 fully saturated rings. The summed E-state index contributed by atoms with van der Waals surface area (Å²) in [4.78, 5) is 12.4. The van der Waals surface area contributed by atoms with E-state index in [1.807, 2.05) is 6.92 Å². The minimum Gasteiger partial charge on any atom is -0.382 e. The van der Waals surface area contributed by atoms with Gasteiger partial charge in [-0.2, -0.15) is 4.31 Å². The van der Waals surface area contributed by atoms with Crippen molar-refractivity contribution in [1.29, 1.82) is 0 Å². The molecule has 0 bridgehead atoms. The number of ether oxygens (including phenoxy) is 1. The summed E-state index contributed by atoms with van der Waals surface area (Å²) >= 11 is 17.9. The summed E-state index contributed by atoms with van der Waals surface area (Å²) in [6, 6.07) is 10.6. The van der Waals surface area contributed by atoms with Crippen LogP contribution in [-0.2, 0) is 26.1 Å². The van der Waals surface area contributed by atoms with Crippen LogP contribution in [0.1, 0.15) is 18.9 Å². The minimum absolute atomic E-state index is 0.0381. The molecule has 1 amide bonds. The van der Waals surface area contributed by atoms with Gasteiger partial charge in [0.1, 0.15) is 0 Å². The molecule has 30 heavy (non-hydrogen) atoms. The summed E-state index contributed by atoms with van der Waals surface area (Å²) in [5.41, 5.74) is 0.603. The smallest absolute Gasteiger partial charge is 0.243 e. The van der Waals surface area contributed by atoms with Crippen LogP contribution < -0.4 is 5.32 Å². The number of carbonyl (C=O) groups excluding carboxylic acids is 1. The van der Waals surface area contributed by atoms with E-state index in [0.717, 1.165) is 4.31 Å². The SMILES string of the molecule is CCOCCCNC(=O)CN(Cc1ccc(Cl)c(Cl)c1)S(=O)(=O)c1ccc(Cl)cc1. The summed E-state index contributed by atoms with van der Waals surface area (Å²) in [6.07, 6.45) is 0.635. The Morgan fingerprint density at radius 1 is 1.07 bits per heavy atom. The molecule has 0 atom stereocenters. The molecule has 6 nitrogen and oxygen atoms in total. The Morgan fingerprint density at radius 2 is 1.77 bits per heavy atom. The highest BCUT2D eigenvalue weighted by Crippen LogP contribution is 2.25. The Labute approximate surface area is 192 Å². The van der Waals surface area contributed by atoms with E-state index < -0.39 is 15.9 Å². The fourth-order valence-electron chi connectivity index (χ4n) is 2.59. The fourth-order valence-corrected chi connectivity index (χ4v) is 4.42. The number of halogens is 3.